The van der Waals surface area contributed by atoms with Gasteiger partial charge < -0.3 is 10.7 Å². The van der Waals surface area contributed by atoms with Crippen LogP contribution in [0.2, 0.25) is 4.34 Å². The van der Waals surface area contributed by atoms with Crippen LogP contribution >= 0.6 is 22.9 Å². The van der Waals surface area contributed by atoms with Gasteiger partial charge in [-0.15, -0.1) is 11.3 Å². The molecule has 16 heavy (non-hydrogen) atoms. The number of thiophene rings is 1. The maximum atomic E-state index is 5.89. The Morgan fingerprint density at radius 3 is 2.94 bits per heavy atom. The number of rotatable bonds is 5. The van der Waals surface area contributed by atoms with Crippen molar-refractivity contribution in [2.45, 2.75) is 19.3 Å². The topological polar surface area (TPSA) is 54.7 Å². The molecule has 0 aliphatic carbocycles. The van der Waals surface area contributed by atoms with Crippen LogP contribution in [0.15, 0.2) is 18.3 Å². The highest BCUT2D eigenvalue weighted by atomic mass is 35.5. The average Bonchev–Trinajstić information content (AvgIpc) is 2.87. The number of H-pyrrole nitrogens is 1. The molecule has 0 amide bonds. The fraction of sp³-hybridized carbons (Fsp3) is 0.364. The van der Waals surface area contributed by atoms with Crippen molar-refractivity contribution in [1.82, 2.24) is 9.97 Å². The van der Waals surface area contributed by atoms with Crippen molar-refractivity contribution in [1.29, 1.82) is 0 Å². The standard InChI is InChI=1S/C11H14ClN3S/c12-10-5-4-9(16-10)8-7-14-11(15-8)3-1-2-6-13/h4-5,7H,1-3,6,13H2,(H,14,15). The second-order valence-corrected chi connectivity index (χ2v) is 5.31. The molecule has 0 aromatic carbocycles. The minimum absolute atomic E-state index is 0.744. The lowest BCUT2D eigenvalue weighted by molar-refractivity contribution is 0.723. The third kappa shape index (κ3) is 2.84. The predicted molar refractivity (Wildman–Crippen MR) is 68.9 cm³/mol. The minimum atomic E-state index is 0.744. The molecule has 0 saturated heterocycles. The molecule has 0 aliphatic heterocycles. The van der Waals surface area contributed by atoms with Gasteiger partial charge >= 0.3 is 0 Å². The summed E-state index contributed by atoms with van der Waals surface area (Å²) in [5.41, 5.74) is 6.49. The van der Waals surface area contributed by atoms with Crippen molar-refractivity contribution in [3.8, 4) is 10.6 Å². The van der Waals surface area contributed by atoms with E-state index in [2.05, 4.69) is 9.97 Å². The van der Waals surface area contributed by atoms with Gasteiger partial charge in [-0.25, -0.2) is 4.98 Å². The van der Waals surface area contributed by atoms with Gasteiger partial charge in [0.2, 0.25) is 0 Å². The van der Waals surface area contributed by atoms with Gasteiger partial charge in [0.1, 0.15) is 5.82 Å². The van der Waals surface area contributed by atoms with Crippen LogP contribution in [0.1, 0.15) is 18.7 Å². The van der Waals surface area contributed by atoms with E-state index in [9.17, 15) is 0 Å². The summed E-state index contributed by atoms with van der Waals surface area (Å²) < 4.78 is 0.800. The highest BCUT2D eigenvalue weighted by Gasteiger charge is 2.05. The third-order valence-electron chi connectivity index (χ3n) is 2.33. The molecule has 0 radical (unpaired) electrons. The van der Waals surface area contributed by atoms with Crippen LogP contribution < -0.4 is 5.73 Å². The van der Waals surface area contributed by atoms with E-state index in [0.29, 0.717) is 0 Å². The molecule has 0 aliphatic rings. The number of nitrogens with one attached hydrogen (secondary N) is 1. The number of aromatic nitrogens is 2. The van der Waals surface area contributed by atoms with Crippen molar-refractivity contribution in [3.63, 3.8) is 0 Å². The van der Waals surface area contributed by atoms with Crippen LogP contribution in [0, 0.1) is 0 Å². The van der Waals surface area contributed by atoms with Crippen molar-refractivity contribution >= 4 is 22.9 Å². The van der Waals surface area contributed by atoms with E-state index in [0.717, 1.165) is 46.5 Å². The highest BCUT2D eigenvalue weighted by Crippen LogP contribution is 2.29. The first-order valence-corrected chi connectivity index (χ1v) is 6.48. The number of aromatic amines is 1. The molecular formula is C11H14ClN3S. The molecule has 2 aromatic heterocycles. The summed E-state index contributed by atoms with van der Waals surface area (Å²) >= 11 is 7.45. The first-order valence-electron chi connectivity index (χ1n) is 5.29. The molecule has 2 heterocycles. The Kier molecular flexibility index (Phi) is 3.98. The van der Waals surface area contributed by atoms with Crippen LogP contribution in [0.4, 0.5) is 0 Å². The zero-order valence-corrected chi connectivity index (χ0v) is 10.4. The minimum Gasteiger partial charge on any atom is -0.341 e. The number of aryl methyl sites for hydroxylation is 1. The van der Waals surface area contributed by atoms with Crippen molar-refractivity contribution in [2.24, 2.45) is 5.73 Å². The largest absolute Gasteiger partial charge is 0.341 e. The number of nitrogens with two attached hydrogens (primary N) is 1. The molecule has 3 N–H and O–H groups in total. The fourth-order valence-corrected chi connectivity index (χ4v) is 2.52. The second-order valence-electron chi connectivity index (χ2n) is 3.59. The normalized spacial score (nSPS) is 10.9. The van der Waals surface area contributed by atoms with E-state index in [-0.39, 0.29) is 0 Å². The maximum absolute atomic E-state index is 5.89. The summed E-state index contributed by atoms with van der Waals surface area (Å²) in [5.74, 6) is 1.02. The lowest BCUT2D eigenvalue weighted by atomic mass is 10.2. The van der Waals surface area contributed by atoms with Gasteiger partial charge in [-0.05, 0) is 31.5 Å². The van der Waals surface area contributed by atoms with Gasteiger partial charge in [0, 0.05) is 6.42 Å². The van der Waals surface area contributed by atoms with Crippen LogP contribution in [-0.2, 0) is 6.42 Å². The van der Waals surface area contributed by atoms with E-state index in [4.69, 9.17) is 17.3 Å². The lowest BCUT2D eigenvalue weighted by Crippen LogP contribution is -1.99. The number of halogens is 1. The molecule has 0 saturated carbocycles. The second kappa shape index (κ2) is 5.48. The first kappa shape index (κ1) is 11.6. The smallest absolute Gasteiger partial charge is 0.106 e. The molecule has 0 atom stereocenters. The van der Waals surface area contributed by atoms with E-state index < -0.39 is 0 Å². The highest BCUT2D eigenvalue weighted by molar-refractivity contribution is 7.19. The van der Waals surface area contributed by atoms with Crippen molar-refractivity contribution in [2.75, 3.05) is 6.54 Å². The maximum Gasteiger partial charge on any atom is 0.106 e. The Morgan fingerprint density at radius 2 is 2.25 bits per heavy atom. The number of hydrogen-bond donors (Lipinski definition) is 2. The molecule has 0 fully saturated rings. The van der Waals surface area contributed by atoms with Gasteiger partial charge in [-0.3, -0.25) is 0 Å². The Bertz CT molecular complexity index is 450. The van der Waals surface area contributed by atoms with E-state index in [1.54, 1.807) is 11.3 Å². The van der Waals surface area contributed by atoms with Crippen LogP contribution in [-0.4, -0.2) is 16.5 Å². The van der Waals surface area contributed by atoms with Crippen LogP contribution in [0.25, 0.3) is 10.6 Å². The summed E-state index contributed by atoms with van der Waals surface area (Å²) in [6, 6.07) is 3.90. The third-order valence-corrected chi connectivity index (χ3v) is 3.60. The summed E-state index contributed by atoms with van der Waals surface area (Å²) in [5, 5.41) is 0. The van der Waals surface area contributed by atoms with E-state index in [1.807, 2.05) is 18.3 Å². The monoisotopic (exact) mass is 255 g/mol. The van der Waals surface area contributed by atoms with Gasteiger partial charge in [-0.1, -0.05) is 11.6 Å². The summed E-state index contributed by atoms with van der Waals surface area (Å²) in [4.78, 5) is 8.77. The quantitative estimate of drug-likeness (QED) is 0.807. The number of imidazole rings is 1. The first-order chi connectivity index (χ1) is 7.79. The molecule has 3 nitrogen and oxygen atoms in total. The number of hydrogen-bond acceptors (Lipinski definition) is 3. The molecule has 2 rings (SSSR count). The molecular weight excluding hydrogens is 242 g/mol. The van der Waals surface area contributed by atoms with Gasteiger partial charge in [0.05, 0.1) is 21.1 Å². The Balaban J connectivity index is 2.02. The Hall–Kier alpha value is -0.840. The molecule has 86 valence electrons. The van der Waals surface area contributed by atoms with Gasteiger partial charge in [0.25, 0.3) is 0 Å². The van der Waals surface area contributed by atoms with Gasteiger partial charge in [-0.2, -0.15) is 0 Å². The lowest BCUT2D eigenvalue weighted by Gasteiger charge is -1.95. The Morgan fingerprint density at radius 1 is 1.38 bits per heavy atom. The summed E-state index contributed by atoms with van der Waals surface area (Å²) in [7, 11) is 0. The summed E-state index contributed by atoms with van der Waals surface area (Å²) in [6.07, 6.45) is 4.94. The zero-order valence-electron chi connectivity index (χ0n) is 8.87. The SMILES string of the molecule is NCCCCc1ncc(-c2ccc(Cl)s2)[nH]1. The molecule has 2 aromatic rings. The average molecular weight is 256 g/mol. The Labute approximate surface area is 104 Å². The predicted octanol–water partition coefficient (Wildman–Crippen LogP) is 3.07. The molecule has 0 bridgehead atoms. The van der Waals surface area contributed by atoms with Crippen LogP contribution in [0.5, 0.6) is 0 Å². The fourth-order valence-electron chi connectivity index (χ4n) is 1.51. The molecule has 0 unspecified atom stereocenters. The van der Waals surface area contributed by atoms with Crippen molar-refractivity contribution in [3.05, 3.63) is 28.5 Å². The van der Waals surface area contributed by atoms with E-state index in [1.165, 1.54) is 0 Å². The number of unbranched alkanes of at least 4 members (excludes halogenated alkanes) is 1. The zero-order chi connectivity index (χ0) is 11.4. The summed E-state index contributed by atoms with van der Waals surface area (Å²) in [6.45, 7) is 0.744. The molecule has 0 spiro atoms. The van der Waals surface area contributed by atoms with Crippen LogP contribution in [0.3, 0.4) is 0 Å². The molecule has 5 heteroatoms. The number of nitrogens with zero attached hydrogens (tertiary/aromatic N) is 1. The van der Waals surface area contributed by atoms with Crippen molar-refractivity contribution < 1.29 is 0 Å². The van der Waals surface area contributed by atoms with Gasteiger partial charge in [0.15, 0.2) is 0 Å². The van der Waals surface area contributed by atoms with E-state index >= 15 is 0 Å².